The Balaban J connectivity index is 2.24. The summed E-state index contributed by atoms with van der Waals surface area (Å²) in [4.78, 5) is 11.9. The van der Waals surface area contributed by atoms with E-state index in [1.54, 1.807) is 52.8 Å². The number of rotatable bonds is 3. The van der Waals surface area contributed by atoms with Gasteiger partial charge in [-0.3, -0.25) is 10.2 Å². The zero-order valence-corrected chi connectivity index (χ0v) is 16.6. The molecule has 7 heteroatoms. The minimum atomic E-state index is -4.62. The van der Waals surface area contributed by atoms with Crippen molar-refractivity contribution in [1.29, 1.82) is 0 Å². The number of fused-ring (bicyclic) bond motifs is 1. The average molecular weight is 394 g/mol. The molecule has 0 spiro atoms. The van der Waals surface area contributed by atoms with Gasteiger partial charge in [-0.05, 0) is 57.5 Å². The fourth-order valence-electron chi connectivity index (χ4n) is 3.55. The quantitative estimate of drug-likeness (QED) is 0.784. The Bertz CT molecular complexity index is 901. The molecule has 3 rings (SSSR count). The van der Waals surface area contributed by atoms with E-state index in [9.17, 15) is 18.0 Å². The number of hydrogen-bond acceptors (Lipinski definition) is 3. The van der Waals surface area contributed by atoms with Crippen LogP contribution in [-0.2, 0) is 4.79 Å². The van der Waals surface area contributed by atoms with Crippen LogP contribution in [0.15, 0.2) is 36.4 Å². The summed E-state index contributed by atoms with van der Waals surface area (Å²) in [5.41, 5.74) is 0.707. The lowest BCUT2D eigenvalue weighted by Crippen LogP contribution is -2.51. The van der Waals surface area contributed by atoms with Crippen LogP contribution >= 0.6 is 0 Å². The molecular weight excluding hydrogens is 369 g/mol. The molecule has 1 aliphatic heterocycles. The predicted octanol–water partition coefficient (Wildman–Crippen LogP) is 5.14. The van der Waals surface area contributed by atoms with Crippen LogP contribution in [-0.4, -0.2) is 28.2 Å². The van der Waals surface area contributed by atoms with Gasteiger partial charge >= 0.3 is 6.18 Å². The first-order valence-corrected chi connectivity index (χ1v) is 9.15. The van der Waals surface area contributed by atoms with Crippen molar-refractivity contribution in [2.75, 3.05) is 0 Å². The minimum absolute atomic E-state index is 0.0113. The largest absolute Gasteiger partial charge is 0.488 e. The third-order valence-corrected chi connectivity index (χ3v) is 4.65. The third-order valence-electron chi connectivity index (χ3n) is 4.65. The summed E-state index contributed by atoms with van der Waals surface area (Å²) in [7, 11) is 0. The van der Waals surface area contributed by atoms with E-state index in [4.69, 9.17) is 4.74 Å². The summed E-state index contributed by atoms with van der Waals surface area (Å²) >= 11 is 0. The zero-order chi connectivity index (χ0) is 20.9. The molecular formula is C21H25F3N2O2. The van der Waals surface area contributed by atoms with Gasteiger partial charge in [0, 0.05) is 17.5 Å². The summed E-state index contributed by atoms with van der Waals surface area (Å²) < 4.78 is 48.8. The van der Waals surface area contributed by atoms with E-state index in [0.717, 1.165) is 10.4 Å². The van der Waals surface area contributed by atoms with Gasteiger partial charge < -0.3 is 4.74 Å². The molecule has 0 saturated carbocycles. The number of carbonyl (C=O) groups excluding carboxylic acids is 1. The van der Waals surface area contributed by atoms with E-state index in [0.29, 0.717) is 5.39 Å². The number of nitrogens with zero attached hydrogens (tertiary/aromatic N) is 1. The van der Waals surface area contributed by atoms with E-state index in [2.05, 4.69) is 5.43 Å². The van der Waals surface area contributed by atoms with E-state index < -0.39 is 29.3 Å². The molecule has 1 atom stereocenters. The van der Waals surface area contributed by atoms with Crippen molar-refractivity contribution in [3.8, 4) is 5.75 Å². The van der Waals surface area contributed by atoms with Crippen LogP contribution in [0.1, 0.15) is 52.6 Å². The molecule has 1 heterocycles. The zero-order valence-electron chi connectivity index (χ0n) is 16.6. The van der Waals surface area contributed by atoms with Gasteiger partial charge in [0.25, 0.3) is 0 Å². The van der Waals surface area contributed by atoms with Gasteiger partial charge in [0.2, 0.25) is 5.91 Å². The lowest BCUT2D eigenvalue weighted by molar-refractivity contribution is -0.204. The summed E-state index contributed by atoms with van der Waals surface area (Å²) in [6.07, 6.45) is -4.63. The highest BCUT2D eigenvalue weighted by atomic mass is 19.4. The molecule has 0 aliphatic carbocycles. The van der Waals surface area contributed by atoms with Crippen molar-refractivity contribution in [2.45, 2.75) is 64.4 Å². The van der Waals surface area contributed by atoms with Gasteiger partial charge in [-0.2, -0.15) is 18.2 Å². The fourth-order valence-corrected chi connectivity index (χ4v) is 3.55. The number of carbonyl (C=O) groups is 1. The SMILES string of the molecule is CC(C)(C)Oc1cc2ccccc2cc1[C@H](N1NC(=O)CC1(C)C)C(F)(F)F. The van der Waals surface area contributed by atoms with Crippen LogP contribution in [0.2, 0.25) is 0 Å². The maximum atomic E-state index is 14.3. The molecule has 4 nitrogen and oxygen atoms in total. The van der Waals surface area contributed by atoms with Crippen LogP contribution in [0.4, 0.5) is 13.2 Å². The monoisotopic (exact) mass is 394 g/mol. The molecule has 1 aliphatic rings. The van der Waals surface area contributed by atoms with Crippen molar-refractivity contribution < 1.29 is 22.7 Å². The van der Waals surface area contributed by atoms with E-state index in [1.807, 2.05) is 12.1 Å². The van der Waals surface area contributed by atoms with Crippen LogP contribution in [0, 0.1) is 0 Å². The highest BCUT2D eigenvalue weighted by Crippen LogP contribution is 2.47. The van der Waals surface area contributed by atoms with Crippen molar-refractivity contribution >= 4 is 16.7 Å². The van der Waals surface area contributed by atoms with E-state index in [1.165, 1.54) is 6.07 Å². The first-order chi connectivity index (χ1) is 12.8. The average Bonchev–Trinajstić information content (AvgIpc) is 2.77. The summed E-state index contributed by atoms with van der Waals surface area (Å²) in [6, 6.07) is 8.32. The number of ether oxygens (including phenoxy) is 1. The second kappa shape index (κ2) is 6.65. The number of benzene rings is 2. The van der Waals surface area contributed by atoms with Crippen LogP contribution in [0.3, 0.4) is 0 Å². The number of hydrazine groups is 1. The molecule has 0 unspecified atom stereocenters. The van der Waals surface area contributed by atoms with Gasteiger partial charge in [-0.15, -0.1) is 0 Å². The molecule has 152 valence electrons. The second-order valence-electron chi connectivity index (χ2n) is 8.79. The normalized spacial score (nSPS) is 18.9. The number of hydrogen-bond donors (Lipinski definition) is 1. The molecule has 0 radical (unpaired) electrons. The molecule has 1 fully saturated rings. The molecule has 0 aromatic heterocycles. The van der Waals surface area contributed by atoms with Gasteiger partial charge in [0.15, 0.2) is 6.04 Å². The fraction of sp³-hybridized carbons (Fsp3) is 0.476. The number of alkyl halides is 3. The topological polar surface area (TPSA) is 41.6 Å². The molecule has 2 aromatic rings. The lowest BCUT2D eigenvalue weighted by atomic mass is 9.94. The molecule has 2 aromatic carbocycles. The highest BCUT2D eigenvalue weighted by Gasteiger charge is 2.54. The smallest absolute Gasteiger partial charge is 0.410 e. The number of halogens is 3. The highest BCUT2D eigenvalue weighted by molar-refractivity contribution is 5.85. The van der Waals surface area contributed by atoms with Gasteiger partial charge in [-0.25, -0.2) is 0 Å². The van der Waals surface area contributed by atoms with Crippen molar-refractivity contribution in [3.05, 3.63) is 42.0 Å². The summed E-state index contributed by atoms with van der Waals surface area (Å²) in [5.74, 6) is -0.274. The lowest BCUT2D eigenvalue weighted by Gasteiger charge is -2.39. The van der Waals surface area contributed by atoms with Crippen LogP contribution in [0.5, 0.6) is 5.75 Å². The Hall–Kier alpha value is -2.28. The molecule has 1 N–H and O–H groups in total. The Kier molecular flexibility index (Phi) is 4.86. The Morgan fingerprint density at radius 3 is 2.14 bits per heavy atom. The second-order valence-corrected chi connectivity index (χ2v) is 8.79. The molecule has 28 heavy (non-hydrogen) atoms. The molecule has 1 saturated heterocycles. The Morgan fingerprint density at radius 2 is 1.68 bits per heavy atom. The van der Waals surface area contributed by atoms with Crippen LogP contribution in [0.25, 0.3) is 10.8 Å². The van der Waals surface area contributed by atoms with Crippen molar-refractivity contribution in [3.63, 3.8) is 0 Å². The molecule has 1 amide bonds. The first kappa shape index (κ1) is 20.5. The first-order valence-electron chi connectivity index (χ1n) is 9.15. The van der Waals surface area contributed by atoms with Gasteiger partial charge in [-0.1, -0.05) is 24.3 Å². The minimum Gasteiger partial charge on any atom is -0.488 e. The maximum absolute atomic E-state index is 14.3. The van der Waals surface area contributed by atoms with Gasteiger partial charge in [0.05, 0.1) is 0 Å². The standard InChI is InChI=1S/C21H25F3N2O2/c1-19(2,3)28-16-11-14-9-7-6-8-13(14)10-15(16)18(21(22,23)24)26-20(4,5)12-17(27)25-26/h6-11,18H,12H2,1-5H3,(H,25,27)/t18-/m0/s1. The molecule has 0 bridgehead atoms. The Labute approximate surface area is 162 Å². The Morgan fingerprint density at radius 1 is 1.11 bits per heavy atom. The number of nitrogens with one attached hydrogen (secondary N) is 1. The number of amides is 1. The van der Waals surface area contributed by atoms with E-state index in [-0.39, 0.29) is 17.7 Å². The predicted molar refractivity (Wildman–Crippen MR) is 102 cm³/mol. The third kappa shape index (κ3) is 4.09. The van der Waals surface area contributed by atoms with Crippen molar-refractivity contribution in [1.82, 2.24) is 10.4 Å². The van der Waals surface area contributed by atoms with Gasteiger partial charge in [0.1, 0.15) is 11.4 Å². The van der Waals surface area contributed by atoms with E-state index >= 15 is 0 Å². The summed E-state index contributed by atoms with van der Waals surface area (Å²) in [6.45, 7) is 8.60. The maximum Gasteiger partial charge on any atom is 0.410 e. The summed E-state index contributed by atoms with van der Waals surface area (Å²) in [5, 5.41) is 2.47. The van der Waals surface area contributed by atoms with Crippen molar-refractivity contribution in [2.24, 2.45) is 0 Å². The van der Waals surface area contributed by atoms with Crippen LogP contribution < -0.4 is 10.2 Å².